The molecular weight excluding hydrogens is 419 g/mol. The first-order chi connectivity index (χ1) is 16.1. The van der Waals surface area contributed by atoms with Crippen molar-refractivity contribution in [3.8, 4) is 16.9 Å². The van der Waals surface area contributed by atoms with Crippen LogP contribution in [-0.2, 0) is 6.54 Å². The summed E-state index contributed by atoms with van der Waals surface area (Å²) in [5, 5.41) is 0.799. The van der Waals surface area contributed by atoms with E-state index in [1.165, 1.54) is 16.7 Å². The summed E-state index contributed by atoms with van der Waals surface area (Å²) in [6.07, 6.45) is 3.67. The Bertz CT molecular complexity index is 1240. The normalized spacial score (nSPS) is 11.5. The Balaban J connectivity index is 1.56. The fourth-order valence-electron chi connectivity index (χ4n) is 3.88. The molecule has 2 aromatic carbocycles. The summed E-state index contributed by atoms with van der Waals surface area (Å²) in [6, 6.07) is 16.0. The fraction of sp³-hybridized carbons (Fsp3) is 0.280. The van der Waals surface area contributed by atoms with Crippen LogP contribution < -0.4 is 17.2 Å². The van der Waals surface area contributed by atoms with E-state index in [0.29, 0.717) is 18.7 Å². The summed E-state index contributed by atoms with van der Waals surface area (Å²) < 4.78 is 14.8. The van der Waals surface area contributed by atoms with Gasteiger partial charge < -0.3 is 16.5 Å². The van der Waals surface area contributed by atoms with E-state index in [1.54, 1.807) is 18.3 Å². The highest BCUT2D eigenvalue weighted by Crippen LogP contribution is 2.23. The summed E-state index contributed by atoms with van der Waals surface area (Å²) in [7, 11) is 0. The molecule has 0 saturated carbocycles. The van der Waals surface area contributed by atoms with E-state index in [2.05, 4.69) is 14.9 Å². The largest absolute Gasteiger partial charge is 0.354 e. The molecule has 7 nitrogen and oxygen atoms in total. The van der Waals surface area contributed by atoms with Crippen LogP contribution in [0.15, 0.2) is 65.6 Å². The molecule has 172 valence electrons. The third-order valence-corrected chi connectivity index (χ3v) is 5.64. The molecule has 2 aromatic heterocycles. The number of benzene rings is 2. The Morgan fingerprint density at radius 1 is 0.970 bits per heavy atom. The highest BCUT2D eigenvalue weighted by atomic mass is 19.1. The fourth-order valence-corrected chi connectivity index (χ4v) is 3.88. The van der Waals surface area contributed by atoms with E-state index in [1.807, 2.05) is 30.3 Å². The molecule has 0 saturated heterocycles. The molecule has 4 aromatic rings. The van der Waals surface area contributed by atoms with Crippen molar-refractivity contribution in [2.75, 3.05) is 26.2 Å². The highest BCUT2D eigenvalue weighted by molar-refractivity contribution is 5.82. The molecule has 8 heteroatoms. The lowest BCUT2D eigenvalue weighted by atomic mass is 10.1. The number of rotatable bonds is 10. The number of H-pyrrole nitrogens is 1. The Morgan fingerprint density at radius 2 is 1.64 bits per heavy atom. The van der Waals surface area contributed by atoms with Crippen LogP contribution in [0.3, 0.4) is 0 Å². The second kappa shape index (κ2) is 10.5. The number of halogens is 1. The predicted molar refractivity (Wildman–Crippen MR) is 130 cm³/mol. The molecule has 0 amide bonds. The van der Waals surface area contributed by atoms with E-state index in [0.717, 1.165) is 60.4 Å². The number of nitrogens with two attached hydrogens (primary N) is 2. The molecule has 2 heterocycles. The number of nitrogens with zero attached hydrogens (tertiary/aromatic N) is 3. The third-order valence-electron chi connectivity index (χ3n) is 5.64. The van der Waals surface area contributed by atoms with Crippen molar-refractivity contribution >= 4 is 11.0 Å². The minimum Gasteiger partial charge on any atom is -0.339 e. The first kappa shape index (κ1) is 22.8. The second-order valence-corrected chi connectivity index (χ2v) is 8.11. The van der Waals surface area contributed by atoms with Gasteiger partial charge in [-0.15, -0.1) is 0 Å². The van der Waals surface area contributed by atoms with Gasteiger partial charge in [-0.25, -0.2) is 9.18 Å². The lowest BCUT2D eigenvalue weighted by molar-refractivity contribution is 0.262. The van der Waals surface area contributed by atoms with Crippen LogP contribution in [0.4, 0.5) is 4.39 Å². The van der Waals surface area contributed by atoms with Crippen LogP contribution in [-0.4, -0.2) is 45.6 Å². The van der Waals surface area contributed by atoms with Gasteiger partial charge in [-0.05, 0) is 92.6 Å². The van der Waals surface area contributed by atoms with Crippen molar-refractivity contribution < 1.29 is 4.39 Å². The summed E-state index contributed by atoms with van der Waals surface area (Å²) in [5.74, 6) is -0.294. The highest BCUT2D eigenvalue weighted by Gasteiger charge is 2.10. The molecule has 0 fully saturated rings. The Kier molecular flexibility index (Phi) is 7.29. The summed E-state index contributed by atoms with van der Waals surface area (Å²) >= 11 is 0. The van der Waals surface area contributed by atoms with Crippen LogP contribution in [0.5, 0.6) is 0 Å². The maximum atomic E-state index is 13.2. The zero-order valence-corrected chi connectivity index (χ0v) is 18.5. The Hall–Kier alpha value is -3.33. The number of hydrogen-bond acceptors (Lipinski definition) is 5. The molecule has 0 unspecified atom stereocenters. The van der Waals surface area contributed by atoms with Crippen LogP contribution in [0.25, 0.3) is 28.0 Å². The van der Waals surface area contributed by atoms with Gasteiger partial charge in [0, 0.05) is 23.8 Å². The first-order valence-corrected chi connectivity index (χ1v) is 11.2. The zero-order chi connectivity index (χ0) is 23.2. The number of hydrogen-bond donors (Lipinski definition) is 3. The monoisotopic (exact) mass is 448 g/mol. The molecular formula is C25H29FN6O. The van der Waals surface area contributed by atoms with Crippen molar-refractivity contribution in [1.82, 2.24) is 19.4 Å². The molecule has 0 aliphatic carbocycles. The molecule has 0 bridgehead atoms. The van der Waals surface area contributed by atoms with Crippen molar-refractivity contribution in [1.29, 1.82) is 0 Å². The van der Waals surface area contributed by atoms with Gasteiger partial charge in [0.25, 0.3) is 0 Å². The van der Waals surface area contributed by atoms with Crippen LogP contribution in [0.2, 0.25) is 0 Å². The van der Waals surface area contributed by atoms with Gasteiger partial charge in [-0.3, -0.25) is 9.47 Å². The molecule has 0 atom stereocenters. The van der Waals surface area contributed by atoms with Gasteiger partial charge in [0.2, 0.25) is 0 Å². The number of nitrogens with one attached hydrogen (secondary N) is 1. The maximum absolute atomic E-state index is 13.2. The lowest BCUT2D eigenvalue weighted by Gasteiger charge is -2.22. The molecule has 0 spiro atoms. The molecule has 0 aliphatic rings. The van der Waals surface area contributed by atoms with Gasteiger partial charge in [0.15, 0.2) is 0 Å². The summed E-state index contributed by atoms with van der Waals surface area (Å²) in [5.41, 5.74) is 15.0. The molecule has 0 radical (unpaired) electrons. The minimum atomic E-state index is -0.365. The van der Waals surface area contributed by atoms with Gasteiger partial charge in [-0.2, -0.15) is 4.98 Å². The standard InChI is InChI=1S/C25H29FN6O/c26-21-7-5-19(6-8-21)23-15-20-17-32(25(33)30-24(20)29-23)22-9-3-18(4-10-22)16-31(13-1-11-27)14-2-12-28/h3-10,15,17H,1-2,11-14,16,27-28H2,(H,29,30,33). The summed E-state index contributed by atoms with van der Waals surface area (Å²) in [6.45, 7) is 4.01. The average Bonchev–Trinajstić information content (AvgIpc) is 3.24. The average molecular weight is 449 g/mol. The van der Waals surface area contributed by atoms with Crippen molar-refractivity contribution in [2.24, 2.45) is 11.5 Å². The van der Waals surface area contributed by atoms with Crippen LogP contribution >= 0.6 is 0 Å². The summed E-state index contributed by atoms with van der Waals surface area (Å²) in [4.78, 5) is 22.4. The zero-order valence-electron chi connectivity index (χ0n) is 18.5. The molecule has 5 N–H and O–H groups in total. The molecule has 4 rings (SSSR count). The number of fused-ring (bicyclic) bond motifs is 1. The van der Waals surface area contributed by atoms with Crippen molar-refractivity contribution in [3.63, 3.8) is 0 Å². The topological polar surface area (TPSA) is 106 Å². The van der Waals surface area contributed by atoms with Crippen LogP contribution in [0, 0.1) is 5.82 Å². The lowest BCUT2D eigenvalue weighted by Crippen LogP contribution is -2.28. The van der Waals surface area contributed by atoms with Gasteiger partial charge >= 0.3 is 5.69 Å². The van der Waals surface area contributed by atoms with Gasteiger partial charge in [0.05, 0.1) is 5.69 Å². The quantitative estimate of drug-likeness (QED) is 0.346. The van der Waals surface area contributed by atoms with Crippen molar-refractivity contribution in [2.45, 2.75) is 19.4 Å². The van der Waals surface area contributed by atoms with E-state index < -0.39 is 0 Å². The Labute approximate surface area is 191 Å². The second-order valence-electron chi connectivity index (χ2n) is 8.11. The minimum absolute atomic E-state index is 0.294. The Morgan fingerprint density at radius 3 is 2.27 bits per heavy atom. The van der Waals surface area contributed by atoms with Crippen LogP contribution in [0.1, 0.15) is 18.4 Å². The van der Waals surface area contributed by atoms with Gasteiger partial charge in [0.1, 0.15) is 11.5 Å². The predicted octanol–water partition coefficient (Wildman–Crippen LogP) is 3.02. The van der Waals surface area contributed by atoms with E-state index in [-0.39, 0.29) is 11.5 Å². The van der Waals surface area contributed by atoms with E-state index in [4.69, 9.17) is 11.5 Å². The maximum Gasteiger partial charge on any atom is 0.354 e. The first-order valence-electron chi connectivity index (χ1n) is 11.2. The molecule has 0 aliphatic heterocycles. The third kappa shape index (κ3) is 5.54. The number of aromatic nitrogens is 3. The SMILES string of the molecule is NCCCN(CCCN)Cc1ccc(-n2cc3cc(-c4ccc(F)cc4)[nH]c3nc2=O)cc1. The van der Waals surface area contributed by atoms with E-state index >= 15 is 0 Å². The number of aromatic amines is 1. The molecule has 33 heavy (non-hydrogen) atoms. The van der Waals surface area contributed by atoms with E-state index in [9.17, 15) is 9.18 Å². The van der Waals surface area contributed by atoms with Gasteiger partial charge in [-0.1, -0.05) is 12.1 Å². The smallest absolute Gasteiger partial charge is 0.339 e. The van der Waals surface area contributed by atoms with Crippen molar-refractivity contribution in [3.05, 3.63) is 82.7 Å².